The van der Waals surface area contributed by atoms with Crippen molar-refractivity contribution in [3.63, 3.8) is 0 Å². The molecular weight excluding hydrogens is 334 g/mol. The first-order valence-electron chi connectivity index (χ1n) is 8.26. The third-order valence-corrected chi connectivity index (χ3v) is 3.39. The summed E-state index contributed by atoms with van der Waals surface area (Å²) >= 11 is 0. The van der Waals surface area contributed by atoms with Gasteiger partial charge in [-0.25, -0.2) is 0 Å². The van der Waals surface area contributed by atoms with Crippen molar-refractivity contribution < 1.29 is 23.8 Å². The molecule has 1 aromatic carbocycles. The minimum absolute atomic E-state index is 0.0236. The van der Waals surface area contributed by atoms with Crippen molar-refractivity contribution in [2.24, 2.45) is 0 Å². The Morgan fingerprint density at radius 2 is 1.85 bits per heavy atom. The zero-order valence-corrected chi connectivity index (χ0v) is 14.8. The number of benzene rings is 1. The third kappa shape index (κ3) is 6.05. The number of carbonyl (C=O) groups excluding carboxylic acids is 2. The lowest BCUT2D eigenvalue weighted by molar-refractivity contribution is -0.144. The van der Waals surface area contributed by atoms with Gasteiger partial charge >= 0.3 is 11.9 Å². The van der Waals surface area contributed by atoms with E-state index < -0.39 is 11.9 Å². The molecule has 0 N–H and O–H groups in total. The van der Waals surface area contributed by atoms with Crippen LogP contribution in [0.3, 0.4) is 0 Å². The highest BCUT2D eigenvalue weighted by atomic mass is 16.6. The van der Waals surface area contributed by atoms with E-state index >= 15 is 0 Å². The van der Waals surface area contributed by atoms with Crippen LogP contribution < -0.4 is 9.47 Å². The third-order valence-electron chi connectivity index (χ3n) is 3.39. The van der Waals surface area contributed by atoms with Gasteiger partial charge < -0.3 is 14.2 Å². The predicted octanol–water partition coefficient (Wildman–Crippen LogP) is 3.51. The summed E-state index contributed by atoms with van der Waals surface area (Å²) in [6, 6.07) is 10.9. The van der Waals surface area contributed by atoms with Crippen LogP contribution in [0.2, 0.25) is 0 Å². The van der Waals surface area contributed by atoms with Gasteiger partial charge in [0, 0.05) is 6.20 Å². The van der Waals surface area contributed by atoms with E-state index in [2.05, 4.69) is 9.72 Å². The second kappa shape index (κ2) is 9.98. The summed E-state index contributed by atoms with van der Waals surface area (Å²) in [7, 11) is 1.28. The van der Waals surface area contributed by atoms with E-state index in [0.717, 1.165) is 11.3 Å². The number of rotatable bonds is 8. The van der Waals surface area contributed by atoms with Crippen LogP contribution >= 0.6 is 0 Å². The first-order valence-corrected chi connectivity index (χ1v) is 8.26. The van der Waals surface area contributed by atoms with Crippen molar-refractivity contribution in [3.8, 4) is 11.5 Å². The topological polar surface area (TPSA) is 74.7 Å². The zero-order chi connectivity index (χ0) is 18.8. The van der Waals surface area contributed by atoms with Crippen LogP contribution in [0.25, 0.3) is 12.2 Å². The molecule has 0 fully saturated rings. The Labute approximate surface area is 152 Å². The molecule has 0 saturated carbocycles. The molecule has 6 nitrogen and oxygen atoms in total. The first-order chi connectivity index (χ1) is 12.6. The molecule has 0 aliphatic carbocycles. The molecule has 0 aliphatic heterocycles. The van der Waals surface area contributed by atoms with Gasteiger partial charge in [0.1, 0.15) is 0 Å². The second-order valence-electron chi connectivity index (χ2n) is 5.28. The molecule has 0 radical (unpaired) electrons. The Kier molecular flexibility index (Phi) is 7.36. The normalized spacial score (nSPS) is 10.5. The Bertz CT molecular complexity index is 771. The molecule has 1 aromatic heterocycles. The summed E-state index contributed by atoms with van der Waals surface area (Å²) in [5.41, 5.74) is 1.72. The van der Waals surface area contributed by atoms with Crippen molar-refractivity contribution in [2.45, 2.75) is 19.8 Å². The highest BCUT2D eigenvalue weighted by Gasteiger charge is 2.13. The summed E-state index contributed by atoms with van der Waals surface area (Å²) in [5.74, 6) is -0.200. The number of pyridine rings is 1. The number of ether oxygens (including phenoxy) is 3. The first kappa shape index (κ1) is 19.2. The van der Waals surface area contributed by atoms with Crippen LogP contribution in [0.15, 0.2) is 42.6 Å². The van der Waals surface area contributed by atoms with Crippen molar-refractivity contribution in [3.05, 3.63) is 53.9 Å². The summed E-state index contributed by atoms with van der Waals surface area (Å²) < 4.78 is 15.4. The van der Waals surface area contributed by atoms with Crippen molar-refractivity contribution in [1.29, 1.82) is 0 Å². The van der Waals surface area contributed by atoms with Gasteiger partial charge in [0.15, 0.2) is 11.5 Å². The average Bonchev–Trinajstić information content (AvgIpc) is 2.67. The van der Waals surface area contributed by atoms with Gasteiger partial charge in [-0.3, -0.25) is 14.6 Å². The Hall–Kier alpha value is -3.15. The summed E-state index contributed by atoms with van der Waals surface area (Å²) in [6.07, 6.45) is 5.42. The number of nitrogens with zero attached hydrogens (tertiary/aromatic N) is 1. The van der Waals surface area contributed by atoms with E-state index in [1.54, 1.807) is 18.3 Å². The van der Waals surface area contributed by atoms with Gasteiger partial charge in [0.05, 0.1) is 32.3 Å². The molecule has 0 amide bonds. The summed E-state index contributed by atoms with van der Waals surface area (Å²) in [6.45, 7) is 2.28. The van der Waals surface area contributed by atoms with Crippen LogP contribution in [0.1, 0.15) is 31.0 Å². The largest absolute Gasteiger partial charge is 0.490 e. The van der Waals surface area contributed by atoms with Gasteiger partial charge in [-0.15, -0.1) is 0 Å². The lowest BCUT2D eigenvalue weighted by Gasteiger charge is -2.11. The van der Waals surface area contributed by atoms with E-state index in [-0.39, 0.29) is 12.8 Å². The molecule has 2 aromatic rings. The molecule has 26 heavy (non-hydrogen) atoms. The maximum atomic E-state index is 11.9. The molecule has 0 spiro atoms. The molecule has 2 rings (SSSR count). The van der Waals surface area contributed by atoms with Gasteiger partial charge in [-0.2, -0.15) is 0 Å². The van der Waals surface area contributed by atoms with E-state index in [4.69, 9.17) is 9.47 Å². The van der Waals surface area contributed by atoms with Crippen LogP contribution in [0.4, 0.5) is 0 Å². The fourth-order valence-electron chi connectivity index (χ4n) is 2.12. The molecule has 0 aliphatic rings. The van der Waals surface area contributed by atoms with E-state index in [1.807, 2.05) is 43.3 Å². The van der Waals surface area contributed by atoms with Crippen molar-refractivity contribution >= 4 is 24.1 Å². The maximum absolute atomic E-state index is 11.9. The van der Waals surface area contributed by atoms with E-state index in [9.17, 15) is 9.59 Å². The minimum Gasteiger partial charge on any atom is -0.490 e. The second-order valence-corrected chi connectivity index (χ2v) is 5.28. The molecule has 0 saturated heterocycles. The van der Waals surface area contributed by atoms with Crippen LogP contribution in [0.5, 0.6) is 11.5 Å². The Morgan fingerprint density at radius 1 is 1.04 bits per heavy atom. The van der Waals surface area contributed by atoms with Crippen molar-refractivity contribution in [2.75, 3.05) is 13.7 Å². The van der Waals surface area contributed by atoms with Gasteiger partial charge in [-0.1, -0.05) is 18.2 Å². The Balaban J connectivity index is 2.09. The quantitative estimate of drug-likeness (QED) is 0.533. The molecule has 136 valence electrons. The summed E-state index contributed by atoms with van der Waals surface area (Å²) in [5, 5.41) is 0. The fraction of sp³-hybridized carbons (Fsp3) is 0.250. The fourth-order valence-corrected chi connectivity index (χ4v) is 2.12. The lowest BCUT2D eigenvalue weighted by Crippen LogP contribution is -2.12. The van der Waals surface area contributed by atoms with Crippen LogP contribution in [0, 0.1) is 0 Å². The number of esters is 2. The van der Waals surface area contributed by atoms with Crippen LogP contribution in [-0.4, -0.2) is 30.6 Å². The molecule has 0 atom stereocenters. The molecule has 0 unspecified atom stereocenters. The number of carbonyl (C=O) groups is 2. The van der Waals surface area contributed by atoms with Gasteiger partial charge in [0.2, 0.25) is 0 Å². The lowest BCUT2D eigenvalue weighted by atomic mass is 10.1. The molecule has 6 heteroatoms. The average molecular weight is 355 g/mol. The van der Waals surface area contributed by atoms with Crippen LogP contribution in [-0.2, 0) is 14.3 Å². The number of methoxy groups -OCH3 is 1. The number of aromatic nitrogens is 1. The zero-order valence-electron chi connectivity index (χ0n) is 14.8. The van der Waals surface area contributed by atoms with Gasteiger partial charge in [0.25, 0.3) is 0 Å². The van der Waals surface area contributed by atoms with Crippen molar-refractivity contribution in [1.82, 2.24) is 4.98 Å². The molecular formula is C20H21NO5. The number of hydrogen-bond acceptors (Lipinski definition) is 6. The van der Waals surface area contributed by atoms with E-state index in [0.29, 0.717) is 18.1 Å². The number of hydrogen-bond donors (Lipinski definition) is 0. The SMILES string of the molecule is CCOc1cc(/C=C/c2ccccn2)ccc1OC(=O)CCC(=O)OC. The van der Waals surface area contributed by atoms with E-state index in [1.165, 1.54) is 7.11 Å². The smallest absolute Gasteiger partial charge is 0.311 e. The molecule has 1 heterocycles. The standard InChI is InChI=1S/C20H21NO5/c1-3-25-18-14-15(7-9-16-6-4-5-13-21-16)8-10-17(18)26-20(23)12-11-19(22)24-2/h4-10,13-14H,3,11-12H2,1-2H3/b9-7+. The molecule has 0 bridgehead atoms. The maximum Gasteiger partial charge on any atom is 0.311 e. The summed E-state index contributed by atoms with van der Waals surface area (Å²) in [4.78, 5) is 27.2. The highest BCUT2D eigenvalue weighted by Crippen LogP contribution is 2.29. The van der Waals surface area contributed by atoms with Gasteiger partial charge in [-0.05, 0) is 42.8 Å². The monoisotopic (exact) mass is 355 g/mol. The predicted molar refractivity (Wildman–Crippen MR) is 97.7 cm³/mol. The highest BCUT2D eigenvalue weighted by molar-refractivity contribution is 5.79. The minimum atomic E-state index is -0.520. The Morgan fingerprint density at radius 3 is 2.54 bits per heavy atom.